The van der Waals surface area contributed by atoms with Crippen molar-refractivity contribution in [2.75, 3.05) is 0 Å². The van der Waals surface area contributed by atoms with E-state index in [2.05, 4.69) is 0 Å². The molecule has 1 fully saturated rings. The van der Waals surface area contributed by atoms with Crippen LogP contribution in [0.15, 0.2) is 48.5 Å². The van der Waals surface area contributed by atoms with E-state index in [1.807, 2.05) is 24.3 Å². The molecule has 0 bridgehead atoms. The molecular weight excluding hydrogens is 255 g/mol. The third kappa shape index (κ3) is 3.17. The molecule has 2 aromatic rings. The lowest BCUT2D eigenvalue weighted by Crippen LogP contribution is -2.04. The lowest BCUT2D eigenvalue weighted by molar-refractivity contribution is 0.176. The predicted molar refractivity (Wildman–Crippen MR) is 75.2 cm³/mol. The maximum Gasteiger partial charge on any atom is 0.126 e. The summed E-state index contributed by atoms with van der Waals surface area (Å²) in [6, 6.07) is 14.0. The molecule has 1 aliphatic carbocycles. The van der Waals surface area contributed by atoms with Gasteiger partial charge in [-0.1, -0.05) is 30.3 Å². The summed E-state index contributed by atoms with van der Waals surface area (Å²) < 4.78 is 19.3. The Bertz CT molecular complexity index is 593. The summed E-state index contributed by atoms with van der Waals surface area (Å²) in [7, 11) is 0. The van der Waals surface area contributed by atoms with Crippen LogP contribution in [0.3, 0.4) is 0 Å². The fraction of sp³-hybridized carbons (Fsp3) is 0.294. The van der Waals surface area contributed by atoms with Crippen LogP contribution in [-0.2, 0) is 6.42 Å². The van der Waals surface area contributed by atoms with Gasteiger partial charge in [0, 0.05) is 6.42 Å². The van der Waals surface area contributed by atoms with E-state index >= 15 is 0 Å². The fourth-order valence-electron chi connectivity index (χ4n) is 2.16. The zero-order chi connectivity index (χ0) is 13.9. The highest BCUT2D eigenvalue weighted by Gasteiger charge is 2.23. The monoisotopic (exact) mass is 272 g/mol. The summed E-state index contributed by atoms with van der Waals surface area (Å²) in [5, 5.41) is 10.3. The van der Waals surface area contributed by atoms with E-state index in [4.69, 9.17) is 4.74 Å². The maximum atomic E-state index is 13.6. The van der Waals surface area contributed by atoms with E-state index in [1.54, 1.807) is 18.2 Å². The second-order valence-corrected chi connectivity index (χ2v) is 5.20. The van der Waals surface area contributed by atoms with E-state index in [0.717, 1.165) is 24.2 Å². The Kier molecular flexibility index (Phi) is 3.70. The zero-order valence-electron chi connectivity index (χ0n) is 11.1. The number of aliphatic hydroxyl groups is 1. The highest BCUT2D eigenvalue weighted by Crippen LogP contribution is 2.29. The molecule has 20 heavy (non-hydrogen) atoms. The molecule has 104 valence electrons. The van der Waals surface area contributed by atoms with Crippen LogP contribution in [0, 0.1) is 5.82 Å². The molecule has 3 heteroatoms. The summed E-state index contributed by atoms with van der Waals surface area (Å²) in [6.07, 6.45) is 2.06. The lowest BCUT2D eigenvalue weighted by atomic mass is 10.0. The fourth-order valence-corrected chi connectivity index (χ4v) is 2.16. The van der Waals surface area contributed by atoms with E-state index in [-0.39, 0.29) is 12.2 Å². The third-order valence-electron chi connectivity index (χ3n) is 3.44. The molecule has 0 heterocycles. The molecule has 1 unspecified atom stereocenters. The first-order chi connectivity index (χ1) is 9.72. The normalized spacial score (nSPS) is 15.9. The molecule has 1 saturated carbocycles. The van der Waals surface area contributed by atoms with Crippen molar-refractivity contribution in [3.8, 4) is 5.75 Å². The van der Waals surface area contributed by atoms with Crippen molar-refractivity contribution in [1.82, 2.24) is 0 Å². The van der Waals surface area contributed by atoms with Crippen molar-refractivity contribution in [2.45, 2.75) is 31.5 Å². The predicted octanol–water partition coefficient (Wildman–Crippen LogP) is 3.64. The Morgan fingerprint density at radius 2 is 1.95 bits per heavy atom. The summed E-state index contributed by atoms with van der Waals surface area (Å²) in [4.78, 5) is 0. The Labute approximate surface area is 117 Å². The van der Waals surface area contributed by atoms with Crippen molar-refractivity contribution in [1.29, 1.82) is 0 Å². The number of ether oxygens (including phenoxy) is 1. The highest BCUT2D eigenvalue weighted by molar-refractivity contribution is 5.31. The summed E-state index contributed by atoms with van der Waals surface area (Å²) >= 11 is 0. The highest BCUT2D eigenvalue weighted by atomic mass is 19.1. The second-order valence-electron chi connectivity index (χ2n) is 5.20. The maximum absolute atomic E-state index is 13.6. The first-order valence-corrected chi connectivity index (χ1v) is 6.90. The molecule has 2 aromatic carbocycles. The number of hydrogen-bond acceptors (Lipinski definition) is 2. The van der Waals surface area contributed by atoms with Crippen molar-refractivity contribution in [2.24, 2.45) is 0 Å². The molecule has 2 nitrogen and oxygen atoms in total. The Morgan fingerprint density at radius 1 is 1.15 bits per heavy atom. The van der Waals surface area contributed by atoms with Gasteiger partial charge < -0.3 is 9.84 Å². The Hall–Kier alpha value is -1.87. The van der Waals surface area contributed by atoms with Crippen molar-refractivity contribution < 1.29 is 14.2 Å². The Morgan fingerprint density at radius 3 is 2.70 bits per heavy atom. The van der Waals surface area contributed by atoms with Gasteiger partial charge in [-0.2, -0.15) is 0 Å². The van der Waals surface area contributed by atoms with Crippen LogP contribution in [-0.4, -0.2) is 11.2 Å². The molecule has 0 saturated heterocycles. The lowest BCUT2D eigenvalue weighted by Gasteiger charge is -2.13. The number of halogens is 1. The largest absolute Gasteiger partial charge is 0.490 e. The van der Waals surface area contributed by atoms with Gasteiger partial charge in [-0.15, -0.1) is 0 Å². The minimum atomic E-state index is -0.727. The number of hydrogen-bond donors (Lipinski definition) is 1. The summed E-state index contributed by atoms with van der Waals surface area (Å²) in [5.74, 6) is 0.495. The minimum absolute atomic E-state index is 0.263. The summed E-state index contributed by atoms with van der Waals surface area (Å²) in [6.45, 7) is 0. The molecular formula is C17H17FO2. The average Bonchev–Trinajstić information content (AvgIpc) is 3.25. The molecule has 0 aromatic heterocycles. The summed E-state index contributed by atoms with van der Waals surface area (Å²) in [5.41, 5.74) is 1.28. The topological polar surface area (TPSA) is 29.5 Å². The third-order valence-corrected chi connectivity index (χ3v) is 3.44. The van der Waals surface area contributed by atoms with Crippen LogP contribution < -0.4 is 4.74 Å². The van der Waals surface area contributed by atoms with Gasteiger partial charge in [0.15, 0.2) is 0 Å². The molecule has 0 spiro atoms. The van der Waals surface area contributed by atoms with Gasteiger partial charge in [0.05, 0.1) is 12.2 Å². The molecule has 1 atom stereocenters. The zero-order valence-corrected chi connectivity index (χ0v) is 11.1. The van der Waals surface area contributed by atoms with E-state index in [1.165, 1.54) is 6.07 Å². The SMILES string of the molecule is OC(Cc1ccccc1F)c1cccc(OC2CC2)c1. The molecule has 1 aliphatic rings. The minimum Gasteiger partial charge on any atom is -0.490 e. The van der Waals surface area contributed by atoms with E-state index in [0.29, 0.717) is 11.7 Å². The first kappa shape index (κ1) is 13.1. The van der Waals surface area contributed by atoms with Gasteiger partial charge in [0.25, 0.3) is 0 Å². The van der Waals surface area contributed by atoms with Gasteiger partial charge in [-0.25, -0.2) is 4.39 Å². The number of benzene rings is 2. The van der Waals surface area contributed by atoms with Crippen LogP contribution in [0.2, 0.25) is 0 Å². The van der Waals surface area contributed by atoms with E-state index in [9.17, 15) is 9.50 Å². The van der Waals surface area contributed by atoms with Gasteiger partial charge in [0.1, 0.15) is 11.6 Å². The standard InChI is InChI=1S/C17H17FO2/c18-16-7-2-1-4-12(16)11-17(19)13-5-3-6-15(10-13)20-14-8-9-14/h1-7,10,14,17,19H,8-9,11H2. The molecule has 0 aliphatic heterocycles. The van der Waals surface area contributed by atoms with Crippen LogP contribution >= 0.6 is 0 Å². The van der Waals surface area contributed by atoms with Crippen LogP contribution in [0.5, 0.6) is 5.75 Å². The van der Waals surface area contributed by atoms with Crippen molar-refractivity contribution in [3.63, 3.8) is 0 Å². The number of rotatable bonds is 5. The van der Waals surface area contributed by atoms with Crippen LogP contribution in [0.1, 0.15) is 30.1 Å². The molecule has 0 amide bonds. The molecule has 0 radical (unpaired) electrons. The van der Waals surface area contributed by atoms with Gasteiger partial charge in [-0.05, 0) is 42.2 Å². The van der Waals surface area contributed by atoms with Gasteiger partial charge >= 0.3 is 0 Å². The molecule has 3 rings (SSSR count). The van der Waals surface area contributed by atoms with Crippen molar-refractivity contribution in [3.05, 3.63) is 65.5 Å². The average molecular weight is 272 g/mol. The smallest absolute Gasteiger partial charge is 0.126 e. The second kappa shape index (κ2) is 5.63. The molecule has 1 N–H and O–H groups in total. The van der Waals surface area contributed by atoms with Crippen LogP contribution in [0.25, 0.3) is 0 Å². The van der Waals surface area contributed by atoms with E-state index < -0.39 is 6.10 Å². The quantitative estimate of drug-likeness (QED) is 0.900. The van der Waals surface area contributed by atoms with Crippen molar-refractivity contribution >= 4 is 0 Å². The Balaban J connectivity index is 1.72. The number of aliphatic hydroxyl groups excluding tert-OH is 1. The van der Waals surface area contributed by atoms with Crippen LogP contribution in [0.4, 0.5) is 4.39 Å². The van der Waals surface area contributed by atoms with Gasteiger partial charge in [-0.3, -0.25) is 0 Å². The van der Waals surface area contributed by atoms with Gasteiger partial charge in [0.2, 0.25) is 0 Å². The first-order valence-electron chi connectivity index (χ1n) is 6.90.